The molecular formula is C21H29ClN4O2. The number of carbonyl (C=O) groups excluding carboxylic acids is 1. The molecule has 7 heteroatoms. The van der Waals surface area contributed by atoms with Crippen molar-refractivity contribution in [2.75, 3.05) is 20.2 Å². The lowest BCUT2D eigenvalue weighted by atomic mass is 9.62. The average Bonchev–Trinajstić information content (AvgIpc) is 3.21. The summed E-state index contributed by atoms with van der Waals surface area (Å²) in [6, 6.07) is 8.02. The number of aromatic nitrogens is 2. The first-order valence-electron chi connectivity index (χ1n) is 9.74. The summed E-state index contributed by atoms with van der Waals surface area (Å²) >= 11 is 0. The minimum absolute atomic E-state index is 0. The van der Waals surface area contributed by atoms with Crippen molar-refractivity contribution < 1.29 is 9.53 Å². The lowest BCUT2D eigenvalue weighted by Gasteiger charge is -2.56. The highest BCUT2D eigenvalue weighted by molar-refractivity contribution is 5.92. The number of hydrogen-bond donors (Lipinski definition) is 2. The first-order chi connectivity index (χ1) is 13.1. The summed E-state index contributed by atoms with van der Waals surface area (Å²) < 4.78 is 6.29. The molecule has 2 bridgehead atoms. The van der Waals surface area contributed by atoms with Crippen LogP contribution in [-0.4, -0.2) is 41.0 Å². The van der Waals surface area contributed by atoms with Crippen LogP contribution >= 0.6 is 12.4 Å². The Morgan fingerprint density at radius 1 is 1.36 bits per heavy atom. The normalized spacial score (nSPS) is 28.4. The lowest BCUT2D eigenvalue weighted by Crippen LogP contribution is -2.59. The maximum absolute atomic E-state index is 11.7. The number of nitrogens with one attached hydrogen (secondary N) is 1. The van der Waals surface area contributed by atoms with E-state index in [4.69, 9.17) is 10.5 Å². The fourth-order valence-corrected chi connectivity index (χ4v) is 5.31. The Hall–Kier alpha value is -1.89. The van der Waals surface area contributed by atoms with Crippen molar-refractivity contribution in [3.8, 4) is 0 Å². The summed E-state index contributed by atoms with van der Waals surface area (Å²) in [6.45, 7) is 4.16. The molecule has 2 aromatic rings. The smallest absolute Gasteiger partial charge is 0.248 e. The second kappa shape index (κ2) is 8.23. The van der Waals surface area contributed by atoms with Gasteiger partial charge in [0, 0.05) is 49.8 Å². The summed E-state index contributed by atoms with van der Waals surface area (Å²) in [4.78, 5) is 21.7. The van der Waals surface area contributed by atoms with Crippen LogP contribution in [0.2, 0.25) is 0 Å². The van der Waals surface area contributed by atoms with Crippen molar-refractivity contribution in [2.24, 2.45) is 17.6 Å². The molecule has 0 spiro atoms. The number of primary amides is 1. The van der Waals surface area contributed by atoms with Crippen LogP contribution in [0.5, 0.6) is 0 Å². The van der Waals surface area contributed by atoms with Gasteiger partial charge in [-0.2, -0.15) is 0 Å². The second-order valence-corrected chi connectivity index (χ2v) is 7.90. The Kier molecular flexibility index (Phi) is 6.12. The minimum atomic E-state index is -0.390. The molecule has 1 aromatic carbocycles. The van der Waals surface area contributed by atoms with Gasteiger partial charge >= 0.3 is 0 Å². The van der Waals surface area contributed by atoms with Gasteiger partial charge in [0.25, 0.3) is 0 Å². The number of nitrogens with zero attached hydrogens (tertiary/aromatic N) is 2. The van der Waals surface area contributed by atoms with E-state index < -0.39 is 5.91 Å². The van der Waals surface area contributed by atoms with Gasteiger partial charge in [-0.3, -0.25) is 9.69 Å². The fraction of sp³-hybridized carbons (Fsp3) is 0.524. The van der Waals surface area contributed by atoms with Crippen molar-refractivity contribution in [3.63, 3.8) is 0 Å². The Balaban J connectivity index is 0.00000225. The Morgan fingerprint density at radius 2 is 2.07 bits per heavy atom. The number of methoxy groups -OCH3 is 1. The zero-order valence-corrected chi connectivity index (χ0v) is 17.2. The highest BCUT2D eigenvalue weighted by Crippen LogP contribution is 2.52. The number of hydrogen-bond acceptors (Lipinski definition) is 4. The SMILES string of the molecule is CO[C@@]1(c2cccc(C(N)=O)c2)[C@@H]2CCC[C@H]1CN([C@H](C)c1cnc[nH]1)C2.Cl. The third kappa shape index (κ3) is 3.34. The van der Waals surface area contributed by atoms with Gasteiger partial charge < -0.3 is 15.5 Å². The van der Waals surface area contributed by atoms with Gasteiger partial charge in [0.1, 0.15) is 5.60 Å². The number of nitrogens with two attached hydrogens (primary N) is 1. The molecule has 4 rings (SSSR count). The van der Waals surface area contributed by atoms with Gasteiger partial charge in [-0.15, -0.1) is 12.4 Å². The topological polar surface area (TPSA) is 84.2 Å². The maximum Gasteiger partial charge on any atom is 0.248 e. The molecule has 6 nitrogen and oxygen atoms in total. The van der Waals surface area contributed by atoms with Crippen molar-refractivity contribution in [1.29, 1.82) is 0 Å². The number of imidazole rings is 1. The zero-order chi connectivity index (χ0) is 19.0. The number of amides is 1. The van der Waals surface area contributed by atoms with Crippen molar-refractivity contribution in [1.82, 2.24) is 14.9 Å². The first-order valence-corrected chi connectivity index (χ1v) is 9.74. The van der Waals surface area contributed by atoms with Crippen molar-refractivity contribution in [3.05, 3.63) is 53.6 Å². The monoisotopic (exact) mass is 404 g/mol. The molecule has 2 heterocycles. The minimum Gasteiger partial charge on any atom is -0.373 e. The van der Waals surface area contributed by atoms with Crippen LogP contribution < -0.4 is 5.73 Å². The number of fused-ring (bicyclic) bond motifs is 2. The highest BCUT2D eigenvalue weighted by Gasteiger charge is 2.53. The maximum atomic E-state index is 11.7. The molecule has 0 unspecified atom stereocenters. The first kappa shape index (κ1) is 20.8. The van der Waals surface area contributed by atoms with Crippen LogP contribution in [0.3, 0.4) is 0 Å². The van der Waals surface area contributed by atoms with E-state index in [1.165, 1.54) is 6.42 Å². The molecule has 0 radical (unpaired) electrons. The van der Waals surface area contributed by atoms with Crippen LogP contribution in [0.4, 0.5) is 0 Å². The summed E-state index contributed by atoms with van der Waals surface area (Å²) in [5.41, 5.74) is 7.96. The van der Waals surface area contributed by atoms with Gasteiger partial charge in [-0.05, 0) is 37.5 Å². The number of likely N-dealkylation sites (tertiary alicyclic amines) is 1. The van der Waals surface area contributed by atoms with Crippen LogP contribution in [0.1, 0.15) is 53.8 Å². The van der Waals surface area contributed by atoms with E-state index in [9.17, 15) is 4.79 Å². The molecule has 3 N–H and O–H groups in total. The van der Waals surface area contributed by atoms with E-state index in [2.05, 4.69) is 27.9 Å². The van der Waals surface area contributed by atoms with E-state index in [0.29, 0.717) is 23.4 Å². The van der Waals surface area contributed by atoms with Crippen LogP contribution in [0.25, 0.3) is 0 Å². The molecule has 2 aliphatic rings. The van der Waals surface area contributed by atoms with Gasteiger partial charge in [0.2, 0.25) is 5.91 Å². The third-order valence-electron chi connectivity index (χ3n) is 6.68. The second-order valence-electron chi connectivity index (χ2n) is 7.90. The van der Waals surface area contributed by atoms with Crippen LogP contribution in [0.15, 0.2) is 36.8 Å². The van der Waals surface area contributed by atoms with Crippen molar-refractivity contribution in [2.45, 2.75) is 37.8 Å². The lowest BCUT2D eigenvalue weighted by molar-refractivity contribution is -0.174. The van der Waals surface area contributed by atoms with Gasteiger partial charge in [0.15, 0.2) is 0 Å². The molecule has 152 valence electrons. The van der Waals surface area contributed by atoms with Gasteiger partial charge in [-0.1, -0.05) is 18.6 Å². The van der Waals surface area contributed by atoms with E-state index >= 15 is 0 Å². The molecule has 4 atom stereocenters. The van der Waals surface area contributed by atoms with Crippen LogP contribution in [-0.2, 0) is 10.3 Å². The fourth-order valence-electron chi connectivity index (χ4n) is 5.31. The third-order valence-corrected chi connectivity index (χ3v) is 6.68. The van der Waals surface area contributed by atoms with Crippen LogP contribution in [0, 0.1) is 11.8 Å². The summed E-state index contributed by atoms with van der Waals surface area (Å²) in [5.74, 6) is 0.366. The number of piperidine rings is 1. The zero-order valence-electron chi connectivity index (χ0n) is 16.4. The molecule has 1 amide bonds. The summed E-state index contributed by atoms with van der Waals surface area (Å²) in [6.07, 6.45) is 7.12. The van der Waals surface area contributed by atoms with E-state index in [-0.39, 0.29) is 18.0 Å². The number of rotatable bonds is 5. The molecule has 2 fully saturated rings. The predicted molar refractivity (Wildman–Crippen MR) is 110 cm³/mol. The number of benzene rings is 1. The number of ether oxygens (including phenoxy) is 1. The number of aromatic amines is 1. The quantitative estimate of drug-likeness (QED) is 0.800. The number of H-pyrrole nitrogens is 1. The number of halogens is 1. The largest absolute Gasteiger partial charge is 0.373 e. The number of carbonyl (C=O) groups is 1. The van der Waals surface area contributed by atoms with Gasteiger partial charge in [-0.25, -0.2) is 4.98 Å². The summed E-state index contributed by atoms with van der Waals surface area (Å²) in [5, 5.41) is 0. The standard InChI is InChI=1S/C21H28N4O2.ClH/c1-14(19-10-23-13-24-19)25-11-17-7-4-8-18(12-25)21(17,27-2)16-6-3-5-15(9-16)20(22)26;/h3,5-6,9-10,13-14,17-18H,4,7-8,11-12H2,1-2H3,(H2,22,26)(H,23,24);1H/t14-,17-,18+,21+;/m1./s1. The molecule has 1 aromatic heterocycles. The molecule has 28 heavy (non-hydrogen) atoms. The predicted octanol–water partition coefficient (Wildman–Crippen LogP) is 3.27. The van der Waals surface area contributed by atoms with E-state index in [0.717, 1.165) is 37.2 Å². The Labute approximate surface area is 172 Å². The molecular weight excluding hydrogens is 376 g/mol. The summed E-state index contributed by atoms with van der Waals surface area (Å²) in [7, 11) is 1.82. The van der Waals surface area contributed by atoms with Gasteiger partial charge in [0.05, 0.1) is 12.0 Å². The highest BCUT2D eigenvalue weighted by atomic mass is 35.5. The van der Waals surface area contributed by atoms with E-state index in [1.807, 2.05) is 25.4 Å². The van der Waals surface area contributed by atoms with E-state index in [1.54, 1.807) is 12.4 Å². The molecule has 1 aliphatic carbocycles. The molecule has 1 aliphatic heterocycles. The van der Waals surface area contributed by atoms with Crippen molar-refractivity contribution >= 4 is 18.3 Å². The molecule has 1 saturated heterocycles. The Bertz CT molecular complexity index is 796. The average molecular weight is 405 g/mol. The Morgan fingerprint density at radius 3 is 2.64 bits per heavy atom. The molecule has 1 saturated carbocycles.